The van der Waals surface area contributed by atoms with Gasteiger partial charge in [0.25, 0.3) is 0 Å². The number of hydroxylamine groups is 1. The summed E-state index contributed by atoms with van der Waals surface area (Å²) < 4.78 is 0. The molecule has 0 aliphatic heterocycles. The Balaban J connectivity index is 2.79. The van der Waals surface area contributed by atoms with Crippen LogP contribution in [0.25, 0.3) is 0 Å². The van der Waals surface area contributed by atoms with Crippen LogP contribution in [0.2, 0.25) is 5.02 Å². The highest BCUT2D eigenvalue weighted by Crippen LogP contribution is 2.15. The Morgan fingerprint density at radius 2 is 2.18 bits per heavy atom. The number of nitro groups is 1. The lowest BCUT2D eigenvalue weighted by atomic mass is 10.3. The van der Waals surface area contributed by atoms with Crippen LogP contribution in [0.3, 0.4) is 0 Å². The van der Waals surface area contributed by atoms with Crippen LogP contribution in [0.15, 0.2) is 41.2 Å². The van der Waals surface area contributed by atoms with Crippen LogP contribution in [0.5, 0.6) is 0 Å². The van der Waals surface area contributed by atoms with E-state index in [1.807, 2.05) is 0 Å². The van der Waals surface area contributed by atoms with Crippen LogP contribution in [-0.2, 0) is 4.84 Å². The van der Waals surface area contributed by atoms with Gasteiger partial charge in [0.05, 0.1) is 17.7 Å². The van der Waals surface area contributed by atoms with Crippen molar-refractivity contribution in [1.82, 2.24) is 5.48 Å². The SMILES string of the molecule is CON/C=C(/C=Nc1ccc(Cl)cc1)[N+](=O)[O-]. The van der Waals surface area contributed by atoms with E-state index in [0.717, 1.165) is 12.4 Å². The van der Waals surface area contributed by atoms with Crippen molar-refractivity contribution < 1.29 is 9.76 Å². The predicted molar refractivity (Wildman–Crippen MR) is 64.8 cm³/mol. The van der Waals surface area contributed by atoms with E-state index >= 15 is 0 Å². The quantitative estimate of drug-likeness (QED) is 0.498. The monoisotopic (exact) mass is 255 g/mol. The van der Waals surface area contributed by atoms with Crippen LogP contribution in [0.4, 0.5) is 5.69 Å². The van der Waals surface area contributed by atoms with Crippen molar-refractivity contribution in [1.29, 1.82) is 0 Å². The van der Waals surface area contributed by atoms with Crippen LogP contribution >= 0.6 is 11.6 Å². The average Bonchev–Trinajstić information content (AvgIpc) is 2.31. The lowest BCUT2D eigenvalue weighted by Gasteiger charge is -1.95. The Hall–Kier alpha value is -1.92. The molecule has 0 saturated heterocycles. The summed E-state index contributed by atoms with van der Waals surface area (Å²) in [5.74, 6) is 0. The second kappa shape index (κ2) is 6.62. The summed E-state index contributed by atoms with van der Waals surface area (Å²) in [5.41, 5.74) is 2.61. The summed E-state index contributed by atoms with van der Waals surface area (Å²) in [6, 6.07) is 6.61. The molecular formula is C10H10ClN3O3. The van der Waals surface area contributed by atoms with E-state index in [2.05, 4.69) is 15.3 Å². The molecule has 0 aliphatic rings. The third-order valence-corrected chi connectivity index (χ3v) is 1.96. The first-order chi connectivity index (χ1) is 8.13. The number of hydrogen-bond donors (Lipinski definition) is 1. The lowest BCUT2D eigenvalue weighted by Crippen LogP contribution is -2.08. The van der Waals surface area contributed by atoms with Gasteiger partial charge in [0.15, 0.2) is 0 Å². The van der Waals surface area contributed by atoms with Crippen molar-refractivity contribution in [2.24, 2.45) is 4.99 Å². The van der Waals surface area contributed by atoms with Crippen LogP contribution in [0.1, 0.15) is 0 Å². The second-order valence-corrected chi connectivity index (χ2v) is 3.32. The molecule has 0 radical (unpaired) electrons. The van der Waals surface area contributed by atoms with E-state index in [0.29, 0.717) is 10.7 Å². The molecule has 1 rings (SSSR count). The highest BCUT2D eigenvalue weighted by Gasteiger charge is 2.06. The highest BCUT2D eigenvalue weighted by atomic mass is 35.5. The number of allylic oxidation sites excluding steroid dienone is 1. The molecule has 1 aromatic carbocycles. The summed E-state index contributed by atoms with van der Waals surface area (Å²) >= 11 is 5.70. The standard InChI is InChI=1S/C10H10ClN3O3/c1-17-13-7-10(14(15)16)6-12-9-4-2-8(11)3-5-9/h2-7,13H,1H3/b10-7-,12-6?. The predicted octanol–water partition coefficient (Wildman–Crippen LogP) is 2.31. The van der Waals surface area contributed by atoms with Crippen molar-refractivity contribution in [2.45, 2.75) is 0 Å². The topological polar surface area (TPSA) is 76.8 Å². The van der Waals surface area contributed by atoms with Crippen LogP contribution in [-0.4, -0.2) is 18.2 Å². The van der Waals surface area contributed by atoms with Crippen molar-refractivity contribution in [2.75, 3.05) is 7.11 Å². The summed E-state index contributed by atoms with van der Waals surface area (Å²) in [7, 11) is 1.35. The van der Waals surface area contributed by atoms with Crippen molar-refractivity contribution in [3.63, 3.8) is 0 Å². The molecule has 0 unspecified atom stereocenters. The average molecular weight is 256 g/mol. The molecular weight excluding hydrogens is 246 g/mol. The first-order valence-electron chi connectivity index (χ1n) is 4.56. The molecule has 0 bridgehead atoms. The molecule has 1 N–H and O–H groups in total. The molecule has 0 saturated carbocycles. The third-order valence-electron chi connectivity index (χ3n) is 1.71. The summed E-state index contributed by atoms with van der Waals surface area (Å²) in [4.78, 5) is 18.4. The Kier molecular flexibility index (Phi) is 5.12. The maximum Gasteiger partial charge on any atom is 0.305 e. The Morgan fingerprint density at radius 1 is 1.53 bits per heavy atom. The van der Waals surface area contributed by atoms with Gasteiger partial charge in [0.2, 0.25) is 0 Å². The molecule has 0 aromatic heterocycles. The summed E-state index contributed by atoms with van der Waals surface area (Å²) in [5, 5.41) is 11.2. The van der Waals surface area contributed by atoms with Crippen molar-refractivity contribution in [3.05, 3.63) is 51.3 Å². The van der Waals surface area contributed by atoms with Gasteiger partial charge in [-0.05, 0) is 24.3 Å². The second-order valence-electron chi connectivity index (χ2n) is 2.88. The van der Waals surface area contributed by atoms with E-state index in [4.69, 9.17) is 11.6 Å². The first kappa shape index (κ1) is 13.1. The molecule has 17 heavy (non-hydrogen) atoms. The zero-order valence-electron chi connectivity index (χ0n) is 8.96. The minimum absolute atomic E-state index is 0.221. The molecule has 0 amide bonds. The number of halogens is 1. The van der Waals surface area contributed by atoms with Crippen LogP contribution in [0, 0.1) is 10.1 Å². The third kappa shape index (κ3) is 4.62. The van der Waals surface area contributed by atoms with E-state index in [9.17, 15) is 10.1 Å². The van der Waals surface area contributed by atoms with E-state index in [1.165, 1.54) is 7.11 Å². The van der Waals surface area contributed by atoms with Gasteiger partial charge in [0, 0.05) is 5.02 Å². The van der Waals surface area contributed by atoms with Gasteiger partial charge >= 0.3 is 5.70 Å². The first-order valence-corrected chi connectivity index (χ1v) is 4.94. The fourth-order valence-corrected chi connectivity index (χ4v) is 1.05. The molecule has 0 heterocycles. The number of nitrogens with one attached hydrogen (secondary N) is 1. The molecule has 1 aromatic rings. The summed E-state index contributed by atoms with van der Waals surface area (Å²) in [6.45, 7) is 0. The van der Waals surface area contributed by atoms with Gasteiger partial charge in [-0.25, -0.2) is 4.99 Å². The van der Waals surface area contributed by atoms with E-state index in [-0.39, 0.29) is 5.70 Å². The minimum Gasteiger partial charge on any atom is -0.280 e. The number of nitrogens with zero attached hydrogens (tertiary/aromatic N) is 2. The molecule has 7 heteroatoms. The number of benzene rings is 1. The van der Waals surface area contributed by atoms with E-state index < -0.39 is 4.92 Å². The lowest BCUT2D eigenvalue weighted by molar-refractivity contribution is -0.415. The fraction of sp³-hybridized carbons (Fsp3) is 0.100. The summed E-state index contributed by atoms with van der Waals surface area (Å²) in [6.07, 6.45) is 2.22. The number of aliphatic imine (C=N–C) groups is 1. The van der Waals surface area contributed by atoms with Gasteiger partial charge in [0.1, 0.15) is 12.4 Å². The molecule has 0 spiro atoms. The molecule has 0 fully saturated rings. The molecule has 0 aliphatic carbocycles. The normalized spacial score (nSPS) is 11.8. The molecule has 6 nitrogen and oxygen atoms in total. The fourth-order valence-electron chi connectivity index (χ4n) is 0.924. The van der Waals surface area contributed by atoms with Crippen molar-refractivity contribution >= 4 is 23.5 Å². The molecule has 90 valence electrons. The van der Waals surface area contributed by atoms with Gasteiger partial charge in [-0.15, -0.1) is 0 Å². The molecule has 0 atom stereocenters. The number of rotatable bonds is 5. The van der Waals surface area contributed by atoms with Gasteiger partial charge < -0.3 is 0 Å². The highest BCUT2D eigenvalue weighted by molar-refractivity contribution is 6.30. The maximum absolute atomic E-state index is 10.6. The zero-order valence-corrected chi connectivity index (χ0v) is 9.72. The van der Waals surface area contributed by atoms with E-state index in [1.54, 1.807) is 24.3 Å². The Morgan fingerprint density at radius 3 is 2.71 bits per heavy atom. The van der Waals surface area contributed by atoms with Crippen molar-refractivity contribution in [3.8, 4) is 0 Å². The smallest absolute Gasteiger partial charge is 0.280 e. The largest absolute Gasteiger partial charge is 0.305 e. The Bertz CT molecular complexity index is 443. The maximum atomic E-state index is 10.6. The van der Waals surface area contributed by atoms with Gasteiger partial charge in [-0.1, -0.05) is 11.6 Å². The van der Waals surface area contributed by atoms with Gasteiger partial charge in [-0.2, -0.15) is 0 Å². The van der Waals surface area contributed by atoms with Gasteiger partial charge in [-0.3, -0.25) is 20.4 Å². The zero-order chi connectivity index (χ0) is 12.7. The Labute approximate surface area is 103 Å². The minimum atomic E-state index is -0.578. The van der Waals surface area contributed by atoms with Crippen LogP contribution < -0.4 is 5.48 Å². The number of hydrogen-bond acceptors (Lipinski definition) is 5.